The normalized spacial score (nSPS) is 20.4. The molecule has 8 rings (SSSR count). The Hall–Kier alpha value is -6.04. The second-order valence-corrected chi connectivity index (χ2v) is 18.8. The van der Waals surface area contributed by atoms with Crippen molar-refractivity contribution in [3.05, 3.63) is 82.4 Å². The van der Waals surface area contributed by atoms with Crippen LogP contribution in [0.1, 0.15) is 116 Å². The summed E-state index contributed by atoms with van der Waals surface area (Å²) in [5, 5.41) is 6.24. The number of carbonyl (C=O) groups excluding carboxylic acids is 4. The molecule has 4 heterocycles. The number of hydrogen-bond acceptors (Lipinski definition) is 10. The molecule has 18 heteroatoms. The molecule has 1 atom stereocenters. The van der Waals surface area contributed by atoms with Crippen LogP contribution >= 0.6 is 0 Å². The number of piperidine rings is 2. The minimum Gasteiger partial charge on any atom is -0.496 e. The number of aryl methyl sites for hydroxylation is 1. The number of alkyl halides is 3. The zero-order valence-corrected chi connectivity index (χ0v) is 38.8. The van der Waals surface area contributed by atoms with Gasteiger partial charge in [-0.1, -0.05) is 0 Å². The lowest BCUT2D eigenvalue weighted by atomic mass is 9.77. The Morgan fingerprint density at radius 2 is 1.60 bits per heavy atom. The van der Waals surface area contributed by atoms with E-state index in [4.69, 9.17) is 15.2 Å². The van der Waals surface area contributed by atoms with E-state index >= 15 is 0 Å². The van der Waals surface area contributed by atoms with Gasteiger partial charge >= 0.3 is 12.2 Å². The van der Waals surface area contributed by atoms with Crippen LogP contribution in [0.4, 0.5) is 39.5 Å². The number of aromatic nitrogens is 2. The average molecular weight is 945 g/mol. The van der Waals surface area contributed by atoms with Gasteiger partial charge in [0.2, 0.25) is 11.8 Å². The number of methoxy groups -OCH3 is 1. The number of benzene rings is 3. The van der Waals surface area contributed by atoms with Crippen LogP contribution in [0.15, 0.2) is 48.5 Å². The first-order chi connectivity index (χ1) is 32.5. The molecule has 68 heavy (non-hydrogen) atoms. The van der Waals surface area contributed by atoms with E-state index < -0.39 is 35.5 Å². The summed E-state index contributed by atoms with van der Waals surface area (Å²) < 4.78 is 67.5. The Morgan fingerprint density at radius 3 is 2.29 bits per heavy atom. The summed E-state index contributed by atoms with van der Waals surface area (Å²) in [5.74, 6) is 1.51. The lowest BCUT2D eigenvalue weighted by molar-refractivity contribution is -0.138. The van der Waals surface area contributed by atoms with E-state index in [0.29, 0.717) is 66.6 Å². The van der Waals surface area contributed by atoms with Gasteiger partial charge in [-0.15, -0.1) is 0 Å². The Labute approximate surface area is 393 Å². The van der Waals surface area contributed by atoms with Crippen LogP contribution in [0.25, 0.3) is 10.9 Å². The first-order valence-corrected chi connectivity index (χ1v) is 23.7. The highest BCUT2D eigenvalue weighted by Crippen LogP contribution is 2.43. The smallest absolute Gasteiger partial charge is 0.416 e. The first-order valence-electron chi connectivity index (χ1n) is 23.7. The van der Waals surface area contributed by atoms with Crippen molar-refractivity contribution in [2.24, 2.45) is 17.8 Å². The Balaban J connectivity index is 0.770. The fourth-order valence-corrected chi connectivity index (χ4v) is 10.3. The zero-order valence-electron chi connectivity index (χ0n) is 38.8. The monoisotopic (exact) mass is 944 g/mol. The molecule has 364 valence electrons. The Bertz CT molecular complexity index is 2520. The summed E-state index contributed by atoms with van der Waals surface area (Å²) in [6.45, 7) is 7.38. The quantitative estimate of drug-likeness (QED) is 0.0669. The number of nitrogens with one attached hydrogen (secondary N) is 2. The molecular formula is C50H60F4N8O6. The minimum atomic E-state index is -4.53. The summed E-state index contributed by atoms with van der Waals surface area (Å²) in [5.41, 5.74) is 7.37. The lowest BCUT2D eigenvalue weighted by Crippen LogP contribution is -2.50. The van der Waals surface area contributed by atoms with Crippen LogP contribution in [0.2, 0.25) is 0 Å². The molecule has 0 bridgehead atoms. The molecule has 14 nitrogen and oxygen atoms in total. The molecule has 3 saturated heterocycles. The topological polar surface area (TPSA) is 172 Å². The van der Waals surface area contributed by atoms with Crippen LogP contribution in [0.3, 0.4) is 0 Å². The van der Waals surface area contributed by atoms with Crippen molar-refractivity contribution in [2.75, 3.05) is 69.0 Å². The summed E-state index contributed by atoms with van der Waals surface area (Å²) in [6.07, 6.45) is 2.99. The largest absolute Gasteiger partial charge is 0.496 e. The van der Waals surface area contributed by atoms with Crippen molar-refractivity contribution >= 4 is 51.8 Å². The van der Waals surface area contributed by atoms with Gasteiger partial charge < -0.3 is 30.3 Å². The molecule has 1 saturated carbocycles. The SMILES string of the molecule is COc1cc2nc(C)nc(N[C@H](C)c3cc(N)cc(C(F)(F)F)c3)c2cc1[C@H]1CC[C@H](C(=O)N2CCC(CCOCC3CCN(C(=O)c4ccc(F)c(N5CCC(=O)NC5=O)c4)CC3)CC2)CC1. The van der Waals surface area contributed by atoms with E-state index in [1.807, 2.05) is 17.0 Å². The molecule has 4 aromatic rings. The van der Waals surface area contributed by atoms with Gasteiger partial charge in [0, 0.05) is 81.0 Å². The highest BCUT2D eigenvalue weighted by molar-refractivity contribution is 6.06. The number of halogens is 4. The number of carbonyl (C=O) groups is 4. The van der Waals surface area contributed by atoms with Crippen LogP contribution < -0.4 is 26.0 Å². The number of nitrogens with zero attached hydrogens (tertiary/aromatic N) is 5. The number of hydrogen-bond donors (Lipinski definition) is 3. The maximum Gasteiger partial charge on any atom is 0.416 e. The molecular weight excluding hydrogens is 885 g/mol. The Morgan fingerprint density at radius 1 is 0.897 bits per heavy atom. The third kappa shape index (κ3) is 11.1. The van der Waals surface area contributed by atoms with E-state index in [1.165, 1.54) is 24.3 Å². The molecule has 4 fully saturated rings. The van der Waals surface area contributed by atoms with Gasteiger partial charge in [-0.3, -0.25) is 24.6 Å². The molecule has 4 N–H and O–H groups in total. The van der Waals surface area contributed by atoms with Crippen molar-refractivity contribution in [2.45, 2.75) is 96.2 Å². The zero-order chi connectivity index (χ0) is 48.3. The van der Waals surface area contributed by atoms with Gasteiger partial charge in [-0.2, -0.15) is 13.2 Å². The molecule has 4 aliphatic rings. The number of likely N-dealkylation sites (tertiary alicyclic amines) is 2. The second kappa shape index (κ2) is 20.7. The van der Waals surface area contributed by atoms with E-state index in [2.05, 4.69) is 20.6 Å². The standard InChI is InChI=1S/C50H60F4N8O6/c1-29(36-22-37(50(52,53)54)25-38(55)23-36)56-46-40-26-39(44(67-3)27-42(40)57-30(2)58-46)33-4-6-34(7-5-33)47(64)60-16-10-31(11-17-60)15-21-68-28-32-12-18-61(19-13-32)48(65)35-8-9-41(51)43(24-35)62-20-14-45(63)59-49(62)66/h8-9,22-27,29,31-34H,4-7,10-21,28,55H2,1-3H3,(H,56,57,58)(H,59,63,66)/t29-,33-,34-/m1/s1. The number of nitrogens with two attached hydrogens (primary N) is 1. The third-order valence-corrected chi connectivity index (χ3v) is 14.2. The number of urea groups is 1. The van der Waals surface area contributed by atoms with Gasteiger partial charge in [-0.05, 0) is 143 Å². The number of anilines is 3. The van der Waals surface area contributed by atoms with Gasteiger partial charge in [-0.25, -0.2) is 19.2 Å². The van der Waals surface area contributed by atoms with Gasteiger partial charge in [0.15, 0.2) is 0 Å². The number of ether oxygens (including phenoxy) is 2. The molecule has 5 amide bonds. The molecule has 1 aliphatic carbocycles. The van der Waals surface area contributed by atoms with Gasteiger partial charge in [0.1, 0.15) is 23.2 Å². The van der Waals surface area contributed by atoms with Crippen LogP contribution in [0, 0.1) is 30.5 Å². The highest BCUT2D eigenvalue weighted by Gasteiger charge is 2.35. The highest BCUT2D eigenvalue weighted by atomic mass is 19.4. The number of rotatable bonds is 13. The summed E-state index contributed by atoms with van der Waals surface area (Å²) >= 11 is 0. The lowest BCUT2D eigenvalue weighted by Gasteiger charge is -2.36. The number of fused-ring (bicyclic) bond motifs is 1. The summed E-state index contributed by atoms with van der Waals surface area (Å²) in [4.78, 5) is 65.3. The van der Waals surface area contributed by atoms with Crippen molar-refractivity contribution in [3.8, 4) is 5.75 Å². The van der Waals surface area contributed by atoms with Crippen molar-refractivity contribution in [1.29, 1.82) is 0 Å². The van der Waals surface area contributed by atoms with Crippen molar-refractivity contribution in [3.63, 3.8) is 0 Å². The van der Waals surface area contributed by atoms with E-state index in [1.54, 1.807) is 25.9 Å². The van der Waals surface area contributed by atoms with Gasteiger partial charge in [0.05, 0.1) is 29.9 Å². The van der Waals surface area contributed by atoms with E-state index in [0.717, 1.165) is 98.9 Å². The number of imide groups is 1. The minimum absolute atomic E-state index is 0.0243. The van der Waals surface area contributed by atoms with Gasteiger partial charge in [0.25, 0.3) is 5.91 Å². The van der Waals surface area contributed by atoms with E-state index in [-0.39, 0.29) is 53.6 Å². The average Bonchev–Trinajstić information content (AvgIpc) is 3.32. The van der Waals surface area contributed by atoms with Crippen LogP contribution in [0.5, 0.6) is 5.75 Å². The second-order valence-electron chi connectivity index (χ2n) is 18.8. The first kappa shape index (κ1) is 48.4. The van der Waals surface area contributed by atoms with Crippen molar-refractivity contribution in [1.82, 2.24) is 25.1 Å². The molecule has 3 aromatic carbocycles. The number of nitrogen functional groups attached to an aromatic ring is 1. The molecule has 0 unspecified atom stereocenters. The third-order valence-electron chi connectivity index (χ3n) is 14.2. The number of amides is 5. The molecule has 3 aliphatic heterocycles. The van der Waals surface area contributed by atoms with Crippen LogP contribution in [-0.2, 0) is 20.5 Å². The predicted octanol–water partition coefficient (Wildman–Crippen LogP) is 8.78. The maximum atomic E-state index is 14.7. The van der Waals surface area contributed by atoms with Crippen LogP contribution in [-0.4, -0.2) is 96.6 Å². The molecule has 0 spiro atoms. The predicted molar refractivity (Wildman–Crippen MR) is 249 cm³/mol. The molecule has 1 aromatic heterocycles. The fourth-order valence-electron chi connectivity index (χ4n) is 10.3. The fraction of sp³-hybridized carbons (Fsp3) is 0.520. The Kier molecular flexibility index (Phi) is 14.7. The van der Waals surface area contributed by atoms with E-state index in [9.17, 15) is 36.7 Å². The summed E-state index contributed by atoms with van der Waals surface area (Å²) in [7, 11) is 1.63. The summed E-state index contributed by atoms with van der Waals surface area (Å²) in [6, 6.07) is 10.2. The van der Waals surface area contributed by atoms with Crippen molar-refractivity contribution < 1.29 is 46.2 Å². The maximum absolute atomic E-state index is 14.7. The molecule has 0 radical (unpaired) electrons.